The first-order valence-corrected chi connectivity index (χ1v) is 12.0. The quantitative estimate of drug-likeness (QED) is 0.772. The fourth-order valence-electron chi connectivity index (χ4n) is 6.89. The van der Waals surface area contributed by atoms with E-state index >= 15 is 0 Å². The number of aliphatic hydroxyl groups excluding tert-OH is 1. The van der Waals surface area contributed by atoms with Crippen molar-refractivity contribution < 1.29 is 15.0 Å². The Morgan fingerprint density at radius 2 is 1.50 bits per heavy atom. The second-order valence-electron chi connectivity index (χ2n) is 10.5. The van der Waals surface area contributed by atoms with E-state index in [1.807, 2.05) is 0 Å². The maximum absolute atomic E-state index is 11.1. The van der Waals surface area contributed by atoms with Crippen LogP contribution in [0.2, 0.25) is 0 Å². The Balaban J connectivity index is 1.18. The summed E-state index contributed by atoms with van der Waals surface area (Å²) in [5, 5.41) is 19.0. The zero-order valence-electron chi connectivity index (χ0n) is 18.0. The van der Waals surface area contributed by atoms with Gasteiger partial charge in [-0.25, -0.2) is 4.79 Å². The second-order valence-corrected chi connectivity index (χ2v) is 10.5. The Labute approximate surface area is 180 Å². The van der Waals surface area contributed by atoms with Crippen molar-refractivity contribution in [3.05, 3.63) is 35.4 Å². The van der Waals surface area contributed by atoms with E-state index < -0.39 is 6.09 Å². The summed E-state index contributed by atoms with van der Waals surface area (Å²) in [7, 11) is 0. The number of rotatable bonds is 3. The van der Waals surface area contributed by atoms with Gasteiger partial charge in [0.2, 0.25) is 0 Å². The highest BCUT2D eigenvalue weighted by Gasteiger charge is 2.51. The smallest absolute Gasteiger partial charge is 0.407 e. The molecule has 2 N–H and O–H groups in total. The number of hydrogen-bond acceptors (Lipinski definition) is 3. The van der Waals surface area contributed by atoms with E-state index in [4.69, 9.17) is 5.11 Å². The van der Waals surface area contributed by atoms with Crippen LogP contribution in [0.3, 0.4) is 0 Å². The highest BCUT2D eigenvalue weighted by Crippen LogP contribution is 2.48. The molecule has 0 aromatic heterocycles. The number of amides is 1. The zero-order chi connectivity index (χ0) is 20.7. The molecule has 30 heavy (non-hydrogen) atoms. The van der Waals surface area contributed by atoms with Crippen LogP contribution < -0.4 is 0 Å². The number of aliphatic hydroxyl groups is 1. The molecule has 164 valence electrons. The van der Waals surface area contributed by atoms with E-state index in [-0.39, 0.29) is 11.5 Å². The van der Waals surface area contributed by atoms with Gasteiger partial charge in [0.15, 0.2) is 0 Å². The van der Waals surface area contributed by atoms with Crippen molar-refractivity contribution >= 4 is 6.09 Å². The lowest BCUT2D eigenvalue weighted by Gasteiger charge is -2.47. The molecule has 0 bridgehead atoms. The minimum Gasteiger partial charge on any atom is -0.465 e. The highest BCUT2D eigenvalue weighted by molar-refractivity contribution is 5.66. The number of likely N-dealkylation sites (tertiary alicyclic amines) is 2. The Morgan fingerprint density at radius 3 is 2.10 bits per heavy atom. The van der Waals surface area contributed by atoms with Crippen LogP contribution in [0, 0.1) is 5.41 Å². The van der Waals surface area contributed by atoms with Crippen molar-refractivity contribution in [2.75, 3.05) is 26.2 Å². The molecule has 1 spiro atoms. The molecule has 0 radical (unpaired) electrons. The Kier molecular flexibility index (Phi) is 5.53. The predicted molar refractivity (Wildman–Crippen MR) is 117 cm³/mol. The van der Waals surface area contributed by atoms with Crippen molar-refractivity contribution in [2.24, 2.45) is 5.41 Å². The monoisotopic (exact) mass is 412 g/mol. The molecular weight excluding hydrogens is 376 g/mol. The van der Waals surface area contributed by atoms with E-state index in [1.54, 1.807) is 16.0 Å². The molecule has 2 saturated heterocycles. The molecule has 2 saturated carbocycles. The van der Waals surface area contributed by atoms with E-state index in [0.29, 0.717) is 17.9 Å². The van der Waals surface area contributed by atoms with Crippen LogP contribution in [0.5, 0.6) is 0 Å². The van der Waals surface area contributed by atoms with Gasteiger partial charge in [0.05, 0.1) is 6.10 Å². The first kappa shape index (κ1) is 20.3. The van der Waals surface area contributed by atoms with Gasteiger partial charge in [-0.3, -0.25) is 0 Å². The lowest BCUT2D eigenvalue weighted by molar-refractivity contribution is 0.00813. The number of carbonyl (C=O) groups is 1. The molecule has 1 amide bonds. The molecule has 1 aromatic carbocycles. The third kappa shape index (κ3) is 3.87. The summed E-state index contributed by atoms with van der Waals surface area (Å²) >= 11 is 0. The molecule has 2 aliphatic carbocycles. The predicted octanol–water partition coefficient (Wildman–Crippen LogP) is 4.42. The van der Waals surface area contributed by atoms with E-state index in [9.17, 15) is 9.90 Å². The van der Waals surface area contributed by atoms with Gasteiger partial charge in [-0.05, 0) is 93.8 Å². The third-order valence-electron chi connectivity index (χ3n) is 8.62. The Bertz CT molecular complexity index is 759. The third-order valence-corrected chi connectivity index (χ3v) is 8.62. The maximum atomic E-state index is 11.1. The van der Waals surface area contributed by atoms with Crippen LogP contribution in [0.25, 0.3) is 0 Å². The number of benzene rings is 1. The minimum atomic E-state index is -0.754. The van der Waals surface area contributed by atoms with Crippen molar-refractivity contribution in [3.63, 3.8) is 0 Å². The fraction of sp³-hybridized carbons (Fsp3) is 0.720. The summed E-state index contributed by atoms with van der Waals surface area (Å²) in [6.45, 7) is 3.84. The Morgan fingerprint density at radius 1 is 0.900 bits per heavy atom. The molecule has 5 nitrogen and oxygen atoms in total. The molecule has 1 aromatic rings. The molecule has 4 aliphatic rings. The van der Waals surface area contributed by atoms with Gasteiger partial charge in [-0.1, -0.05) is 24.3 Å². The molecule has 2 heterocycles. The molecule has 1 atom stereocenters. The lowest BCUT2D eigenvalue weighted by atomic mass is 9.76. The summed E-state index contributed by atoms with van der Waals surface area (Å²) in [5.41, 5.74) is 3.39. The SMILES string of the molecule is O=C(O)N1CC2(CCC(N3CCC(c4ccccc4C4CCC(O)CC4)CC3)C2)C1. The van der Waals surface area contributed by atoms with Crippen LogP contribution in [0.4, 0.5) is 4.79 Å². The van der Waals surface area contributed by atoms with Crippen LogP contribution in [-0.2, 0) is 0 Å². The van der Waals surface area contributed by atoms with E-state index in [2.05, 4.69) is 29.2 Å². The summed E-state index contributed by atoms with van der Waals surface area (Å²) in [4.78, 5) is 15.4. The molecule has 5 heteroatoms. The molecule has 4 fully saturated rings. The van der Waals surface area contributed by atoms with Gasteiger partial charge in [0, 0.05) is 24.5 Å². The standard InChI is InChI=1S/C25H36N2O3/c28-21-7-5-18(6-8-21)22-3-1-2-4-23(22)19-10-13-26(14-11-19)20-9-12-25(15-20)16-27(17-25)24(29)30/h1-4,18-21,28H,5-17H2,(H,29,30). The zero-order valence-corrected chi connectivity index (χ0v) is 18.0. The Hall–Kier alpha value is -1.59. The molecular formula is C25H36N2O3. The number of nitrogens with zero attached hydrogens (tertiary/aromatic N) is 2. The first-order valence-electron chi connectivity index (χ1n) is 12.0. The average Bonchev–Trinajstić information content (AvgIpc) is 3.19. The molecule has 2 aliphatic heterocycles. The summed E-state index contributed by atoms with van der Waals surface area (Å²) in [6.07, 6.45) is 9.36. The first-order chi connectivity index (χ1) is 14.5. The van der Waals surface area contributed by atoms with Crippen molar-refractivity contribution in [2.45, 2.75) is 81.8 Å². The van der Waals surface area contributed by atoms with Gasteiger partial charge in [0.25, 0.3) is 0 Å². The van der Waals surface area contributed by atoms with Crippen LogP contribution in [-0.4, -0.2) is 64.4 Å². The van der Waals surface area contributed by atoms with Crippen molar-refractivity contribution in [3.8, 4) is 0 Å². The lowest BCUT2D eigenvalue weighted by Crippen LogP contribution is -2.57. The van der Waals surface area contributed by atoms with Crippen molar-refractivity contribution in [1.82, 2.24) is 9.80 Å². The number of carboxylic acid groups (broad SMARTS) is 1. The normalized spacial score (nSPS) is 32.3. The number of hydrogen-bond donors (Lipinski definition) is 2. The van der Waals surface area contributed by atoms with Gasteiger partial charge >= 0.3 is 6.09 Å². The van der Waals surface area contributed by atoms with Crippen LogP contribution in [0.15, 0.2) is 24.3 Å². The van der Waals surface area contributed by atoms with E-state index in [0.717, 1.165) is 38.8 Å². The maximum Gasteiger partial charge on any atom is 0.407 e. The summed E-state index contributed by atoms with van der Waals surface area (Å²) < 4.78 is 0. The summed E-state index contributed by atoms with van der Waals surface area (Å²) in [6, 6.07) is 9.75. The minimum absolute atomic E-state index is 0.0930. The van der Waals surface area contributed by atoms with Crippen LogP contribution in [0.1, 0.15) is 80.8 Å². The highest BCUT2D eigenvalue weighted by atomic mass is 16.4. The topological polar surface area (TPSA) is 64.0 Å². The van der Waals surface area contributed by atoms with Gasteiger partial charge in [-0.2, -0.15) is 0 Å². The number of piperidine rings is 1. The average molecular weight is 413 g/mol. The van der Waals surface area contributed by atoms with Gasteiger partial charge < -0.3 is 20.0 Å². The second kappa shape index (κ2) is 8.16. The van der Waals surface area contributed by atoms with Crippen LogP contribution >= 0.6 is 0 Å². The van der Waals surface area contributed by atoms with Crippen molar-refractivity contribution in [1.29, 1.82) is 0 Å². The van der Waals surface area contributed by atoms with Gasteiger partial charge in [-0.15, -0.1) is 0 Å². The molecule has 5 rings (SSSR count). The molecule has 1 unspecified atom stereocenters. The van der Waals surface area contributed by atoms with Gasteiger partial charge in [0.1, 0.15) is 0 Å². The largest absolute Gasteiger partial charge is 0.465 e. The van der Waals surface area contributed by atoms with E-state index in [1.165, 1.54) is 45.2 Å². The fourth-order valence-corrected chi connectivity index (χ4v) is 6.89. The summed E-state index contributed by atoms with van der Waals surface area (Å²) in [5.74, 6) is 1.28.